The molecule has 30 heavy (non-hydrogen) atoms. The number of halogens is 1. The van der Waals surface area contributed by atoms with Gasteiger partial charge in [-0.05, 0) is 49.4 Å². The lowest BCUT2D eigenvalue weighted by Crippen LogP contribution is -2.41. The molecule has 2 aromatic rings. The van der Waals surface area contributed by atoms with Gasteiger partial charge in [-0.25, -0.2) is 9.38 Å². The van der Waals surface area contributed by atoms with Crippen LogP contribution in [0.25, 0.3) is 0 Å². The van der Waals surface area contributed by atoms with Crippen LogP contribution in [0.2, 0.25) is 0 Å². The lowest BCUT2D eigenvalue weighted by Gasteiger charge is -2.27. The molecule has 0 saturated carbocycles. The molecule has 1 aromatic carbocycles. The first kappa shape index (κ1) is 22.1. The SMILES string of the molecule is CCNC(=NCC(C)Oc1ccccc1F)NCCC(=O)N1CCc2sccc2C1. The highest BCUT2D eigenvalue weighted by molar-refractivity contribution is 7.10. The highest BCUT2D eigenvalue weighted by Gasteiger charge is 2.21. The maximum Gasteiger partial charge on any atom is 0.224 e. The quantitative estimate of drug-likeness (QED) is 0.497. The molecule has 2 N–H and O–H groups in total. The number of hydrogen-bond donors (Lipinski definition) is 2. The summed E-state index contributed by atoms with van der Waals surface area (Å²) in [5.41, 5.74) is 1.27. The number of rotatable bonds is 8. The van der Waals surface area contributed by atoms with Gasteiger partial charge >= 0.3 is 0 Å². The van der Waals surface area contributed by atoms with Gasteiger partial charge in [0.2, 0.25) is 5.91 Å². The van der Waals surface area contributed by atoms with Gasteiger partial charge in [0.15, 0.2) is 17.5 Å². The van der Waals surface area contributed by atoms with E-state index in [9.17, 15) is 9.18 Å². The summed E-state index contributed by atoms with van der Waals surface area (Å²) in [4.78, 5) is 20.4. The maximum atomic E-state index is 13.7. The molecule has 1 unspecified atom stereocenters. The summed E-state index contributed by atoms with van der Waals surface area (Å²) >= 11 is 1.77. The first-order valence-electron chi connectivity index (χ1n) is 10.3. The summed E-state index contributed by atoms with van der Waals surface area (Å²) in [6, 6.07) is 8.44. The van der Waals surface area contributed by atoms with E-state index < -0.39 is 0 Å². The van der Waals surface area contributed by atoms with Gasteiger partial charge in [0.1, 0.15) is 6.10 Å². The summed E-state index contributed by atoms with van der Waals surface area (Å²) in [5.74, 6) is 0.600. The van der Waals surface area contributed by atoms with E-state index in [0.717, 1.165) is 13.0 Å². The normalized spacial score (nSPS) is 14.8. The van der Waals surface area contributed by atoms with E-state index >= 15 is 0 Å². The second-order valence-corrected chi connectivity index (χ2v) is 8.19. The minimum Gasteiger partial charge on any atom is -0.486 e. The summed E-state index contributed by atoms with van der Waals surface area (Å²) in [7, 11) is 0. The van der Waals surface area contributed by atoms with Crippen LogP contribution in [0.15, 0.2) is 40.7 Å². The van der Waals surface area contributed by atoms with Crippen LogP contribution in [0.5, 0.6) is 5.75 Å². The third-order valence-corrected chi connectivity index (χ3v) is 5.83. The van der Waals surface area contributed by atoms with E-state index in [2.05, 4.69) is 27.1 Å². The molecule has 0 saturated heterocycles. The van der Waals surface area contributed by atoms with Crippen molar-refractivity contribution in [2.45, 2.75) is 39.3 Å². The number of carbonyl (C=O) groups excluding carboxylic acids is 1. The van der Waals surface area contributed by atoms with Gasteiger partial charge in [-0.1, -0.05) is 12.1 Å². The molecule has 1 atom stereocenters. The fourth-order valence-corrected chi connectivity index (χ4v) is 4.15. The molecule has 0 radical (unpaired) electrons. The Morgan fingerprint density at radius 3 is 2.97 bits per heavy atom. The van der Waals surface area contributed by atoms with Gasteiger partial charge in [0.25, 0.3) is 0 Å². The first-order chi connectivity index (χ1) is 14.6. The number of thiophene rings is 1. The Morgan fingerprint density at radius 2 is 2.17 bits per heavy atom. The fraction of sp³-hybridized carbons (Fsp3) is 0.455. The molecule has 0 fully saturated rings. The summed E-state index contributed by atoms with van der Waals surface area (Å²) in [5, 5.41) is 8.45. The van der Waals surface area contributed by atoms with Crippen LogP contribution in [-0.2, 0) is 17.8 Å². The lowest BCUT2D eigenvalue weighted by atomic mass is 10.1. The van der Waals surface area contributed by atoms with Crippen molar-refractivity contribution in [3.05, 3.63) is 52.0 Å². The van der Waals surface area contributed by atoms with Crippen molar-refractivity contribution in [1.29, 1.82) is 0 Å². The predicted molar refractivity (Wildman–Crippen MR) is 119 cm³/mol. The van der Waals surface area contributed by atoms with Crippen LogP contribution in [0, 0.1) is 5.82 Å². The van der Waals surface area contributed by atoms with Gasteiger partial charge in [0, 0.05) is 37.5 Å². The smallest absolute Gasteiger partial charge is 0.224 e. The molecule has 3 rings (SSSR count). The zero-order valence-electron chi connectivity index (χ0n) is 17.5. The molecule has 0 bridgehead atoms. The fourth-order valence-electron chi connectivity index (χ4n) is 3.26. The summed E-state index contributed by atoms with van der Waals surface area (Å²) < 4.78 is 19.3. The largest absolute Gasteiger partial charge is 0.486 e. The number of para-hydroxylation sites is 1. The average Bonchev–Trinajstić information content (AvgIpc) is 3.21. The van der Waals surface area contributed by atoms with Crippen LogP contribution in [-0.4, -0.2) is 49.0 Å². The van der Waals surface area contributed by atoms with Crippen molar-refractivity contribution in [3.8, 4) is 5.75 Å². The molecule has 162 valence electrons. The Bertz CT molecular complexity index is 870. The molecular formula is C22H29FN4O2S. The van der Waals surface area contributed by atoms with Gasteiger partial charge in [0.05, 0.1) is 6.54 Å². The average molecular weight is 433 g/mol. The van der Waals surface area contributed by atoms with Crippen molar-refractivity contribution < 1.29 is 13.9 Å². The second-order valence-electron chi connectivity index (χ2n) is 7.19. The van der Waals surface area contributed by atoms with Gasteiger partial charge in [-0.2, -0.15) is 0 Å². The molecule has 0 spiro atoms. The lowest BCUT2D eigenvalue weighted by molar-refractivity contribution is -0.131. The third kappa shape index (κ3) is 6.19. The number of guanidine groups is 1. The molecule has 1 amide bonds. The minimum absolute atomic E-state index is 0.145. The van der Waals surface area contributed by atoms with Crippen LogP contribution < -0.4 is 15.4 Å². The maximum absolute atomic E-state index is 13.7. The van der Waals surface area contributed by atoms with E-state index in [4.69, 9.17) is 4.74 Å². The summed E-state index contributed by atoms with van der Waals surface area (Å²) in [6.45, 7) is 6.88. The number of hydrogen-bond acceptors (Lipinski definition) is 4. The Morgan fingerprint density at radius 1 is 1.33 bits per heavy atom. The zero-order chi connectivity index (χ0) is 21.3. The van der Waals surface area contributed by atoms with Gasteiger partial charge in [-0.15, -0.1) is 11.3 Å². The number of fused-ring (bicyclic) bond motifs is 1. The number of ether oxygens (including phenoxy) is 1. The minimum atomic E-state index is -0.385. The molecule has 1 aliphatic rings. The highest BCUT2D eigenvalue weighted by atomic mass is 32.1. The number of carbonyl (C=O) groups is 1. The van der Waals surface area contributed by atoms with Crippen molar-refractivity contribution in [3.63, 3.8) is 0 Å². The van der Waals surface area contributed by atoms with Crippen molar-refractivity contribution in [2.75, 3.05) is 26.2 Å². The Hall–Kier alpha value is -2.61. The molecule has 1 aliphatic heterocycles. The second kappa shape index (κ2) is 11.0. The van der Waals surface area contributed by atoms with E-state index in [1.54, 1.807) is 29.5 Å². The van der Waals surface area contributed by atoms with Crippen molar-refractivity contribution in [2.24, 2.45) is 4.99 Å². The van der Waals surface area contributed by atoms with Crippen LogP contribution >= 0.6 is 11.3 Å². The number of amides is 1. The Labute approximate surface area is 181 Å². The van der Waals surface area contributed by atoms with Crippen molar-refractivity contribution >= 4 is 23.2 Å². The third-order valence-electron chi connectivity index (χ3n) is 4.81. The predicted octanol–water partition coefficient (Wildman–Crippen LogP) is 3.18. The molecule has 8 heteroatoms. The van der Waals surface area contributed by atoms with Gasteiger partial charge < -0.3 is 20.3 Å². The topological polar surface area (TPSA) is 66.0 Å². The van der Waals surface area contributed by atoms with Crippen LogP contribution in [0.1, 0.15) is 30.7 Å². The van der Waals surface area contributed by atoms with E-state index in [0.29, 0.717) is 38.6 Å². The molecule has 1 aromatic heterocycles. The molecule has 0 aliphatic carbocycles. The van der Waals surface area contributed by atoms with Crippen LogP contribution in [0.4, 0.5) is 4.39 Å². The standard InChI is InChI=1S/C22H29FN4O2S/c1-3-24-22(26-14-16(2)29-19-7-5-4-6-18(19)23)25-11-8-21(28)27-12-9-20-17(15-27)10-13-30-20/h4-7,10,13,16H,3,8-9,11-12,14-15H2,1-2H3,(H2,24,25,26). The number of nitrogens with zero attached hydrogens (tertiary/aromatic N) is 2. The van der Waals surface area contributed by atoms with E-state index in [-0.39, 0.29) is 23.6 Å². The number of aliphatic imine (C=N–C) groups is 1. The molecule has 6 nitrogen and oxygen atoms in total. The monoisotopic (exact) mass is 432 g/mol. The summed E-state index contributed by atoms with van der Waals surface area (Å²) in [6.07, 6.45) is 1.06. The number of benzene rings is 1. The van der Waals surface area contributed by atoms with Crippen molar-refractivity contribution in [1.82, 2.24) is 15.5 Å². The van der Waals surface area contributed by atoms with Crippen LogP contribution in [0.3, 0.4) is 0 Å². The van der Waals surface area contributed by atoms with E-state index in [1.807, 2.05) is 18.7 Å². The molecular weight excluding hydrogens is 403 g/mol. The number of nitrogens with one attached hydrogen (secondary N) is 2. The Balaban J connectivity index is 1.44. The molecule has 2 heterocycles. The zero-order valence-corrected chi connectivity index (χ0v) is 18.3. The van der Waals surface area contributed by atoms with E-state index in [1.165, 1.54) is 16.5 Å². The highest BCUT2D eigenvalue weighted by Crippen LogP contribution is 2.24. The first-order valence-corrected chi connectivity index (χ1v) is 11.2. The Kier molecular flexibility index (Phi) is 8.07. The van der Waals surface area contributed by atoms with Gasteiger partial charge in [-0.3, -0.25) is 4.79 Å².